The number of aromatic hydroxyl groups is 1. The molecule has 4 heteroatoms. The molecule has 0 aromatic heterocycles. The summed E-state index contributed by atoms with van der Waals surface area (Å²) in [5.74, 6) is 0.150. The summed E-state index contributed by atoms with van der Waals surface area (Å²) >= 11 is 0. The van der Waals surface area contributed by atoms with E-state index in [9.17, 15) is 9.90 Å². The molecule has 0 radical (unpaired) electrons. The van der Waals surface area contributed by atoms with Crippen molar-refractivity contribution in [2.24, 2.45) is 5.73 Å². The fourth-order valence-electron chi connectivity index (χ4n) is 1.34. The number of nitrogens with two attached hydrogens (primary N) is 1. The molecule has 16 heavy (non-hydrogen) atoms. The Balaban J connectivity index is 2.46. The number of anilines is 1. The Kier molecular flexibility index (Phi) is 4.79. The second kappa shape index (κ2) is 6.12. The summed E-state index contributed by atoms with van der Waals surface area (Å²) in [6.07, 6.45) is 2.11. The van der Waals surface area contributed by atoms with Gasteiger partial charge in [-0.05, 0) is 37.9 Å². The van der Waals surface area contributed by atoms with E-state index in [2.05, 4.69) is 5.32 Å². The molecule has 0 saturated heterocycles. The van der Waals surface area contributed by atoms with E-state index in [4.69, 9.17) is 5.73 Å². The number of aryl methyl sites for hydroxylation is 1. The molecular formula is C12H18N2O2. The quantitative estimate of drug-likeness (QED) is 0.664. The van der Waals surface area contributed by atoms with Gasteiger partial charge in [0.25, 0.3) is 0 Å². The molecule has 0 aliphatic carbocycles. The molecule has 0 heterocycles. The Bertz CT molecular complexity index is 364. The van der Waals surface area contributed by atoms with Crippen molar-refractivity contribution in [1.29, 1.82) is 0 Å². The van der Waals surface area contributed by atoms with Gasteiger partial charge in [0.2, 0.25) is 5.91 Å². The van der Waals surface area contributed by atoms with Gasteiger partial charge in [0, 0.05) is 18.2 Å². The number of phenolic OH excluding ortho intramolecular Hbond substituents is 1. The predicted octanol–water partition coefficient (Wildman–Crippen LogP) is 1.77. The smallest absolute Gasteiger partial charge is 0.224 e. The van der Waals surface area contributed by atoms with Crippen LogP contribution in [0.25, 0.3) is 0 Å². The van der Waals surface area contributed by atoms with Crippen LogP contribution in [0.1, 0.15) is 24.8 Å². The summed E-state index contributed by atoms with van der Waals surface area (Å²) in [7, 11) is 0. The highest BCUT2D eigenvalue weighted by atomic mass is 16.3. The lowest BCUT2D eigenvalue weighted by atomic mass is 10.2. The van der Waals surface area contributed by atoms with Crippen LogP contribution in [-0.4, -0.2) is 17.6 Å². The lowest BCUT2D eigenvalue weighted by Crippen LogP contribution is -2.11. The van der Waals surface area contributed by atoms with E-state index in [0.717, 1.165) is 18.4 Å². The Morgan fingerprint density at radius 1 is 1.44 bits per heavy atom. The zero-order valence-electron chi connectivity index (χ0n) is 9.49. The lowest BCUT2D eigenvalue weighted by molar-refractivity contribution is -0.116. The fraction of sp³-hybridized carbons (Fsp3) is 0.417. The number of nitrogens with one attached hydrogen (secondary N) is 1. The minimum atomic E-state index is -0.0447. The van der Waals surface area contributed by atoms with Crippen molar-refractivity contribution in [3.8, 4) is 5.75 Å². The van der Waals surface area contributed by atoms with Crippen LogP contribution in [0.3, 0.4) is 0 Å². The van der Waals surface area contributed by atoms with Gasteiger partial charge in [0.05, 0.1) is 0 Å². The molecule has 88 valence electrons. The van der Waals surface area contributed by atoms with Gasteiger partial charge in [0.15, 0.2) is 0 Å². The van der Waals surface area contributed by atoms with Gasteiger partial charge in [-0.2, -0.15) is 0 Å². The summed E-state index contributed by atoms with van der Waals surface area (Å²) in [5.41, 5.74) is 6.76. The molecule has 0 fully saturated rings. The van der Waals surface area contributed by atoms with Crippen LogP contribution in [-0.2, 0) is 4.79 Å². The molecule has 0 spiro atoms. The summed E-state index contributed by atoms with van der Waals surface area (Å²) in [6, 6.07) is 5.09. The topological polar surface area (TPSA) is 75.4 Å². The van der Waals surface area contributed by atoms with Gasteiger partial charge in [-0.25, -0.2) is 0 Å². The maximum absolute atomic E-state index is 11.4. The Morgan fingerprint density at radius 3 is 2.81 bits per heavy atom. The molecule has 1 aromatic carbocycles. The van der Waals surface area contributed by atoms with Gasteiger partial charge in [-0.15, -0.1) is 0 Å². The maximum Gasteiger partial charge on any atom is 0.224 e. The zero-order chi connectivity index (χ0) is 12.0. The minimum absolute atomic E-state index is 0.0447. The van der Waals surface area contributed by atoms with E-state index >= 15 is 0 Å². The highest BCUT2D eigenvalue weighted by molar-refractivity contribution is 5.90. The summed E-state index contributed by atoms with van der Waals surface area (Å²) in [4.78, 5) is 11.4. The second-order valence-corrected chi connectivity index (χ2v) is 3.80. The lowest BCUT2D eigenvalue weighted by Gasteiger charge is -2.06. The number of phenols is 1. The second-order valence-electron chi connectivity index (χ2n) is 3.80. The van der Waals surface area contributed by atoms with Crippen molar-refractivity contribution in [2.75, 3.05) is 11.9 Å². The predicted molar refractivity (Wildman–Crippen MR) is 64.4 cm³/mol. The Labute approximate surface area is 95.5 Å². The fourth-order valence-corrected chi connectivity index (χ4v) is 1.34. The number of hydrogen-bond donors (Lipinski definition) is 3. The first kappa shape index (κ1) is 12.5. The van der Waals surface area contributed by atoms with E-state index in [1.165, 1.54) is 0 Å². The minimum Gasteiger partial charge on any atom is -0.508 e. The van der Waals surface area contributed by atoms with Crippen LogP contribution in [0.4, 0.5) is 5.69 Å². The third kappa shape index (κ3) is 3.90. The van der Waals surface area contributed by atoms with Crippen LogP contribution < -0.4 is 11.1 Å². The molecule has 0 aliphatic heterocycles. The average Bonchev–Trinajstić information content (AvgIpc) is 2.24. The van der Waals surface area contributed by atoms with Crippen LogP contribution in [0.2, 0.25) is 0 Å². The number of unbranched alkanes of at least 4 members (excludes halogenated alkanes) is 1. The molecular weight excluding hydrogens is 204 g/mol. The third-order valence-electron chi connectivity index (χ3n) is 2.35. The van der Waals surface area contributed by atoms with E-state index < -0.39 is 0 Å². The monoisotopic (exact) mass is 222 g/mol. The summed E-state index contributed by atoms with van der Waals surface area (Å²) < 4.78 is 0. The van der Waals surface area contributed by atoms with Crippen molar-refractivity contribution in [3.63, 3.8) is 0 Å². The maximum atomic E-state index is 11.4. The third-order valence-corrected chi connectivity index (χ3v) is 2.35. The highest BCUT2D eigenvalue weighted by Gasteiger charge is 2.03. The average molecular weight is 222 g/mol. The van der Waals surface area contributed by atoms with Crippen molar-refractivity contribution >= 4 is 11.6 Å². The molecule has 4 N–H and O–H groups in total. The molecule has 1 amide bonds. The van der Waals surface area contributed by atoms with E-state index in [0.29, 0.717) is 18.7 Å². The van der Waals surface area contributed by atoms with Crippen LogP contribution >= 0.6 is 0 Å². The number of rotatable bonds is 5. The number of benzene rings is 1. The van der Waals surface area contributed by atoms with Crippen molar-refractivity contribution in [3.05, 3.63) is 23.8 Å². The standard InChI is InChI=1S/C12H18N2O2/c1-9-5-6-10(8-11(9)15)14-12(16)4-2-3-7-13/h5-6,8,15H,2-4,7,13H2,1H3,(H,14,16). The van der Waals surface area contributed by atoms with Gasteiger partial charge < -0.3 is 16.2 Å². The van der Waals surface area contributed by atoms with E-state index in [1.54, 1.807) is 18.2 Å². The number of carbonyl (C=O) groups excluding carboxylic acids is 1. The van der Waals surface area contributed by atoms with Crippen molar-refractivity contribution in [2.45, 2.75) is 26.2 Å². The SMILES string of the molecule is Cc1ccc(NC(=O)CCCCN)cc1O. The number of hydrogen-bond acceptors (Lipinski definition) is 3. The first-order valence-electron chi connectivity index (χ1n) is 5.43. The van der Waals surface area contributed by atoms with E-state index in [-0.39, 0.29) is 11.7 Å². The Morgan fingerprint density at radius 2 is 2.19 bits per heavy atom. The van der Waals surface area contributed by atoms with Gasteiger partial charge in [0.1, 0.15) is 5.75 Å². The molecule has 1 aromatic rings. The molecule has 0 aliphatic rings. The molecule has 4 nitrogen and oxygen atoms in total. The van der Waals surface area contributed by atoms with Crippen LogP contribution in [0.15, 0.2) is 18.2 Å². The molecule has 0 bridgehead atoms. The first-order chi connectivity index (χ1) is 7.63. The summed E-state index contributed by atoms with van der Waals surface area (Å²) in [6.45, 7) is 2.42. The Hall–Kier alpha value is -1.55. The molecule has 0 saturated carbocycles. The van der Waals surface area contributed by atoms with Crippen LogP contribution in [0.5, 0.6) is 5.75 Å². The zero-order valence-corrected chi connectivity index (χ0v) is 9.49. The van der Waals surface area contributed by atoms with Crippen molar-refractivity contribution in [1.82, 2.24) is 0 Å². The first-order valence-corrected chi connectivity index (χ1v) is 5.43. The van der Waals surface area contributed by atoms with Crippen LogP contribution in [0, 0.1) is 6.92 Å². The van der Waals surface area contributed by atoms with Crippen molar-refractivity contribution < 1.29 is 9.90 Å². The van der Waals surface area contributed by atoms with Gasteiger partial charge in [-0.3, -0.25) is 4.79 Å². The number of amides is 1. The van der Waals surface area contributed by atoms with Gasteiger partial charge in [-0.1, -0.05) is 6.07 Å². The molecule has 1 rings (SSSR count). The molecule has 0 atom stereocenters. The summed E-state index contributed by atoms with van der Waals surface area (Å²) in [5, 5.41) is 12.2. The number of carbonyl (C=O) groups is 1. The largest absolute Gasteiger partial charge is 0.508 e. The normalized spacial score (nSPS) is 10.1. The highest BCUT2D eigenvalue weighted by Crippen LogP contribution is 2.20. The van der Waals surface area contributed by atoms with E-state index in [1.807, 2.05) is 6.92 Å². The van der Waals surface area contributed by atoms with Gasteiger partial charge >= 0.3 is 0 Å². The molecule has 0 unspecified atom stereocenters.